The first-order valence-electron chi connectivity index (χ1n) is 4.74. The van der Waals surface area contributed by atoms with Crippen molar-refractivity contribution in [3.8, 4) is 0 Å². The molecule has 5 nitrogen and oxygen atoms in total. The Morgan fingerprint density at radius 1 is 1.38 bits per heavy atom. The van der Waals surface area contributed by atoms with Gasteiger partial charge in [-0.05, 0) is 31.2 Å². The lowest BCUT2D eigenvalue weighted by Crippen LogP contribution is -2.11. The van der Waals surface area contributed by atoms with Gasteiger partial charge in [-0.15, -0.1) is 0 Å². The Labute approximate surface area is 92.3 Å². The highest BCUT2D eigenvalue weighted by Gasteiger charge is 2.09. The van der Waals surface area contributed by atoms with Crippen LogP contribution in [0.5, 0.6) is 0 Å². The van der Waals surface area contributed by atoms with Crippen LogP contribution in [0.4, 0.5) is 11.5 Å². The minimum absolute atomic E-state index is 0.273. The van der Waals surface area contributed by atoms with Crippen LogP contribution in [0.2, 0.25) is 0 Å². The maximum Gasteiger partial charge on any atom is 0.291 e. The average molecular weight is 217 g/mol. The highest BCUT2D eigenvalue weighted by molar-refractivity contribution is 6.02. The maximum absolute atomic E-state index is 11.6. The van der Waals surface area contributed by atoms with Crippen LogP contribution < -0.4 is 11.1 Å². The van der Waals surface area contributed by atoms with E-state index in [0.29, 0.717) is 17.3 Å². The zero-order valence-corrected chi connectivity index (χ0v) is 8.73. The number of carbonyl (C=O) groups is 1. The molecule has 0 spiro atoms. The number of hydrogen-bond donors (Lipinski definition) is 2. The van der Waals surface area contributed by atoms with Crippen molar-refractivity contribution in [1.82, 2.24) is 4.98 Å². The summed E-state index contributed by atoms with van der Waals surface area (Å²) in [5.41, 5.74) is 6.01. The first kappa shape index (κ1) is 10.2. The quantitative estimate of drug-likeness (QED) is 0.803. The van der Waals surface area contributed by atoms with Crippen LogP contribution in [-0.2, 0) is 0 Å². The average Bonchev–Trinajstić information content (AvgIpc) is 2.68. The number of carbonyl (C=O) groups excluding carboxylic acids is 1. The summed E-state index contributed by atoms with van der Waals surface area (Å²) in [4.78, 5) is 15.5. The Kier molecular flexibility index (Phi) is 2.59. The Balaban J connectivity index is 2.10. The van der Waals surface area contributed by atoms with Gasteiger partial charge in [0.05, 0.1) is 11.9 Å². The van der Waals surface area contributed by atoms with E-state index in [9.17, 15) is 4.79 Å². The summed E-state index contributed by atoms with van der Waals surface area (Å²) >= 11 is 0. The van der Waals surface area contributed by atoms with Gasteiger partial charge < -0.3 is 15.5 Å². The molecule has 0 saturated heterocycles. The smallest absolute Gasteiger partial charge is 0.291 e. The highest BCUT2D eigenvalue weighted by atomic mass is 16.3. The Morgan fingerprint density at radius 2 is 2.19 bits per heavy atom. The number of nitrogens with zero attached hydrogens (tertiary/aromatic N) is 1. The van der Waals surface area contributed by atoms with Crippen molar-refractivity contribution < 1.29 is 9.21 Å². The van der Waals surface area contributed by atoms with E-state index >= 15 is 0 Å². The number of hydrogen-bond acceptors (Lipinski definition) is 4. The number of nitrogens with one attached hydrogen (secondary N) is 1. The molecule has 1 amide bonds. The van der Waals surface area contributed by atoms with E-state index in [1.165, 1.54) is 6.20 Å². The summed E-state index contributed by atoms with van der Waals surface area (Å²) in [5.74, 6) is 1.07. The van der Waals surface area contributed by atoms with E-state index in [4.69, 9.17) is 10.2 Å². The van der Waals surface area contributed by atoms with Crippen LogP contribution in [0.15, 0.2) is 34.9 Å². The summed E-state index contributed by atoms with van der Waals surface area (Å²) in [5, 5.41) is 2.65. The first-order valence-corrected chi connectivity index (χ1v) is 4.74. The zero-order valence-electron chi connectivity index (χ0n) is 8.73. The molecule has 2 heterocycles. The molecule has 0 aliphatic heterocycles. The highest BCUT2D eigenvalue weighted by Crippen LogP contribution is 2.11. The predicted molar refractivity (Wildman–Crippen MR) is 60.0 cm³/mol. The van der Waals surface area contributed by atoms with Crippen LogP contribution in [-0.4, -0.2) is 10.9 Å². The van der Waals surface area contributed by atoms with E-state index in [1.807, 2.05) is 0 Å². The van der Waals surface area contributed by atoms with Crippen molar-refractivity contribution in [2.24, 2.45) is 0 Å². The van der Waals surface area contributed by atoms with Gasteiger partial charge in [0.15, 0.2) is 5.76 Å². The predicted octanol–water partition coefficient (Wildman–Crippen LogP) is 1.82. The third-order valence-electron chi connectivity index (χ3n) is 2.01. The number of amides is 1. The van der Waals surface area contributed by atoms with E-state index in [2.05, 4.69) is 10.3 Å². The molecule has 82 valence electrons. The van der Waals surface area contributed by atoms with Crippen LogP contribution in [0.3, 0.4) is 0 Å². The molecule has 0 radical (unpaired) electrons. The summed E-state index contributed by atoms with van der Waals surface area (Å²) in [6.45, 7) is 1.78. The third-order valence-corrected chi connectivity index (χ3v) is 2.01. The molecule has 3 N–H and O–H groups in total. The van der Waals surface area contributed by atoms with E-state index in [1.54, 1.807) is 31.2 Å². The molecule has 0 bridgehead atoms. The van der Waals surface area contributed by atoms with Crippen molar-refractivity contribution >= 4 is 17.4 Å². The van der Waals surface area contributed by atoms with E-state index < -0.39 is 0 Å². The summed E-state index contributed by atoms with van der Waals surface area (Å²) in [7, 11) is 0. The van der Waals surface area contributed by atoms with Gasteiger partial charge >= 0.3 is 0 Å². The molecule has 0 aromatic carbocycles. The topological polar surface area (TPSA) is 81.2 Å². The molecule has 0 unspecified atom stereocenters. The number of rotatable bonds is 2. The Bertz CT molecular complexity index is 502. The SMILES string of the molecule is Cc1ccc(C(=O)Nc2ccc(N)nc2)o1. The molecule has 0 saturated carbocycles. The Morgan fingerprint density at radius 3 is 2.75 bits per heavy atom. The van der Waals surface area contributed by atoms with Crippen molar-refractivity contribution in [3.05, 3.63) is 42.0 Å². The lowest BCUT2D eigenvalue weighted by molar-refractivity contribution is 0.0995. The second-order valence-electron chi connectivity index (χ2n) is 3.34. The molecule has 2 aromatic heterocycles. The summed E-state index contributed by atoms with van der Waals surface area (Å²) in [6, 6.07) is 6.64. The standard InChI is InChI=1S/C11H11N3O2/c1-7-2-4-9(16-7)11(15)14-8-3-5-10(12)13-6-8/h2-6H,1H3,(H2,12,13)(H,14,15). The number of aromatic nitrogens is 1. The normalized spacial score (nSPS) is 10.1. The van der Waals surface area contributed by atoms with Gasteiger partial charge in [0.25, 0.3) is 5.91 Å². The van der Waals surface area contributed by atoms with Crippen LogP contribution in [0, 0.1) is 6.92 Å². The monoisotopic (exact) mass is 217 g/mol. The number of nitrogens with two attached hydrogens (primary N) is 1. The Hall–Kier alpha value is -2.30. The van der Waals surface area contributed by atoms with Crippen LogP contribution in [0.25, 0.3) is 0 Å². The number of pyridine rings is 1. The van der Waals surface area contributed by atoms with Gasteiger partial charge in [0.1, 0.15) is 11.6 Å². The molecule has 0 atom stereocenters. The molecule has 0 fully saturated rings. The van der Waals surface area contributed by atoms with Crippen LogP contribution in [0.1, 0.15) is 16.3 Å². The largest absolute Gasteiger partial charge is 0.456 e. The summed E-state index contributed by atoms with van der Waals surface area (Å²) < 4.78 is 5.18. The molecule has 0 aliphatic carbocycles. The van der Waals surface area contributed by atoms with Crippen molar-refractivity contribution in [2.45, 2.75) is 6.92 Å². The molecule has 2 aromatic rings. The minimum atomic E-state index is -0.306. The molecular formula is C11H11N3O2. The molecule has 0 aliphatic rings. The number of furan rings is 1. The second kappa shape index (κ2) is 4.06. The lowest BCUT2D eigenvalue weighted by atomic mass is 10.3. The van der Waals surface area contributed by atoms with Gasteiger partial charge in [0, 0.05) is 0 Å². The van der Waals surface area contributed by atoms with Gasteiger partial charge in [-0.25, -0.2) is 4.98 Å². The maximum atomic E-state index is 11.6. The fraction of sp³-hybridized carbons (Fsp3) is 0.0909. The van der Waals surface area contributed by atoms with E-state index in [-0.39, 0.29) is 11.7 Å². The van der Waals surface area contributed by atoms with Crippen molar-refractivity contribution in [3.63, 3.8) is 0 Å². The zero-order chi connectivity index (χ0) is 11.5. The van der Waals surface area contributed by atoms with Crippen molar-refractivity contribution in [2.75, 3.05) is 11.1 Å². The van der Waals surface area contributed by atoms with Crippen molar-refractivity contribution in [1.29, 1.82) is 0 Å². The first-order chi connectivity index (χ1) is 7.65. The number of nitrogen functional groups attached to an aromatic ring is 1. The van der Waals surface area contributed by atoms with Gasteiger partial charge in [-0.1, -0.05) is 0 Å². The second-order valence-corrected chi connectivity index (χ2v) is 3.34. The fourth-order valence-corrected chi connectivity index (χ4v) is 1.23. The molecular weight excluding hydrogens is 206 g/mol. The van der Waals surface area contributed by atoms with Gasteiger partial charge in [-0.3, -0.25) is 4.79 Å². The summed E-state index contributed by atoms with van der Waals surface area (Å²) in [6.07, 6.45) is 1.49. The fourth-order valence-electron chi connectivity index (χ4n) is 1.23. The molecule has 5 heteroatoms. The third kappa shape index (κ3) is 2.20. The van der Waals surface area contributed by atoms with E-state index in [0.717, 1.165) is 0 Å². The van der Waals surface area contributed by atoms with Gasteiger partial charge in [0.2, 0.25) is 0 Å². The molecule has 2 rings (SSSR count). The van der Waals surface area contributed by atoms with Crippen LogP contribution >= 0.6 is 0 Å². The number of anilines is 2. The molecule has 16 heavy (non-hydrogen) atoms. The van der Waals surface area contributed by atoms with Gasteiger partial charge in [-0.2, -0.15) is 0 Å². The lowest BCUT2D eigenvalue weighted by Gasteiger charge is -2.02. The minimum Gasteiger partial charge on any atom is -0.456 e. The number of aryl methyl sites for hydroxylation is 1.